The maximum absolute atomic E-state index is 12.1. The van der Waals surface area contributed by atoms with E-state index in [1.807, 2.05) is 20.8 Å². The number of ether oxygens (including phenoxy) is 2. The first-order valence-electron chi connectivity index (χ1n) is 9.42. The van der Waals surface area contributed by atoms with Gasteiger partial charge in [-0.05, 0) is 33.6 Å². The molecular formula is C17H25N5O6. The van der Waals surface area contributed by atoms with Crippen LogP contribution < -0.4 is 0 Å². The van der Waals surface area contributed by atoms with E-state index in [0.29, 0.717) is 44.3 Å². The first kappa shape index (κ1) is 18.9. The van der Waals surface area contributed by atoms with Gasteiger partial charge in [-0.2, -0.15) is 0 Å². The average molecular weight is 395 g/mol. The number of hydrogen-bond donors (Lipinski definition) is 1. The number of hydrogen-bond acceptors (Lipinski definition) is 8. The van der Waals surface area contributed by atoms with Gasteiger partial charge in [-0.15, -0.1) is 10.2 Å². The molecule has 4 rings (SSSR count). The van der Waals surface area contributed by atoms with Crippen molar-refractivity contribution >= 4 is 12.1 Å². The minimum atomic E-state index is -0.522. The zero-order valence-electron chi connectivity index (χ0n) is 16.2. The van der Waals surface area contributed by atoms with E-state index in [9.17, 15) is 14.8 Å². The number of amides is 3. The topological polar surface area (TPSA) is 121 Å². The molecule has 3 aliphatic rings. The quantitative estimate of drug-likeness (QED) is 0.762. The number of carbonyl (C=O) groups is 2. The van der Waals surface area contributed by atoms with E-state index >= 15 is 0 Å². The molecule has 0 spiro atoms. The van der Waals surface area contributed by atoms with Crippen molar-refractivity contribution in [1.82, 2.24) is 25.1 Å². The van der Waals surface area contributed by atoms with Crippen molar-refractivity contribution in [3.63, 3.8) is 0 Å². The van der Waals surface area contributed by atoms with Crippen molar-refractivity contribution in [3.05, 3.63) is 11.8 Å². The number of urea groups is 1. The third-order valence-corrected chi connectivity index (χ3v) is 5.05. The molecule has 0 radical (unpaired) electrons. The first-order chi connectivity index (χ1) is 13.2. The van der Waals surface area contributed by atoms with Gasteiger partial charge in [-0.25, -0.2) is 14.7 Å². The lowest BCUT2D eigenvalue weighted by molar-refractivity contribution is -0.0735. The van der Waals surface area contributed by atoms with Gasteiger partial charge in [0.15, 0.2) is 0 Å². The largest absolute Gasteiger partial charge is 0.444 e. The summed E-state index contributed by atoms with van der Waals surface area (Å²) in [4.78, 5) is 27.1. The second-order valence-electron chi connectivity index (χ2n) is 8.38. The minimum Gasteiger partial charge on any atom is -0.444 e. The van der Waals surface area contributed by atoms with Gasteiger partial charge in [0.1, 0.15) is 18.2 Å². The number of rotatable bonds is 4. The Hall–Kier alpha value is -2.40. The summed E-state index contributed by atoms with van der Waals surface area (Å²) in [6.45, 7) is 6.97. The molecule has 154 valence electrons. The van der Waals surface area contributed by atoms with Crippen LogP contribution in [0.2, 0.25) is 0 Å². The highest BCUT2D eigenvalue weighted by Crippen LogP contribution is 2.37. The number of carbonyl (C=O) groups excluding carboxylic acids is 2. The summed E-state index contributed by atoms with van der Waals surface area (Å²) < 4.78 is 16.7. The summed E-state index contributed by atoms with van der Waals surface area (Å²) in [7, 11) is 0. The maximum atomic E-state index is 12.1. The van der Waals surface area contributed by atoms with E-state index < -0.39 is 11.6 Å². The van der Waals surface area contributed by atoms with Gasteiger partial charge in [0.2, 0.25) is 11.8 Å². The summed E-state index contributed by atoms with van der Waals surface area (Å²) >= 11 is 0. The number of hydroxylamine groups is 2. The van der Waals surface area contributed by atoms with Gasteiger partial charge in [-0.1, -0.05) is 0 Å². The average Bonchev–Trinajstić information content (AvgIpc) is 3.13. The Morgan fingerprint density at radius 1 is 1.25 bits per heavy atom. The Labute approximate surface area is 162 Å². The maximum Gasteiger partial charge on any atom is 0.410 e. The second kappa shape index (κ2) is 6.89. The monoisotopic (exact) mass is 395 g/mol. The summed E-state index contributed by atoms with van der Waals surface area (Å²) in [5.41, 5.74) is -0.522. The van der Waals surface area contributed by atoms with Gasteiger partial charge >= 0.3 is 12.1 Å². The Morgan fingerprint density at radius 3 is 2.71 bits per heavy atom. The fourth-order valence-electron chi connectivity index (χ4n) is 3.58. The van der Waals surface area contributed by atoms with Crippen LogP contribution in [0, 0.1) is 0 Å². The van der Waals surface area contributed by atoms with E-state index in [2.05, 4.69) is 10.2 Å². The summed E-state index contributed by atoms with van der Waals surface area (Å²) in [6, 6.07) is -0.922. The molecular weight excluding hydrogens is 370 g/mol. The van der Waals surface area contributed by atoms with Crippen LogP contribution >= 0.6 is 0 Å². The molecule has 3 aliphatic heterocycles. The predicted octanol–water partition coefficient (Wildman–Crippen LogP) is 1.54. The van der Waals surface area contributed by atoms with E-state index in [1.165, 1.54) is 0 Å². The predicted molar refractivity (Wildman–Crippen MR) is 92.2 cm³/mol. The third-order valence-electron chi connectivity index (χ3n) is 5.05. The highest BCUT2D eigenvalue weighted by Gasteiger charge is 2.46. The van der Waals surface area contributed by atoms with Crippen molar-refractivity contribution in [3.8, 4) is 0 Å². The molecule has 1 aromatic heterocycles. The molecule has 0 unspecified atom stereocenters. The fourth-order valence-corrected chi connectivity index (χ4v) is 3.58. The van der Waals surface area contributed by atoms with Crippen LogP contribution in [0.25, 0.3) is 0 Å². The van der Waals surface area contributed by atoms with Crippen molar-refractivity contribution in [2.45, 2.75) is 64.0 Å². The normalized spacial score (nSPS) is 25.3. The first-order valence-corrected chi connectivity index (χ1v) is 9.42. The Balaban J connectivity index is 1.25. The molecule has 11 nitrogen and oxygen atoms in total. The van der Waals surface area contributed by atoms with Crippen molar-refractivity contribution in [2.24, 2.45) is 0 Å². The molecule has 0 aliphatic carbocycles. The van der Waals surface area contributed by atoms with E-state index in [4.69, 9.17) is 13.9 Å². The van der Waals surface area contributed by atoms with E-state index in [1.54, 1.807) is 9.80 Å². The summed E-state index contributed by atoms with van der Waals surface area (Å²) in [5.74, 6) is 0.671. The van der Waals surface area contributed by atoms with Gasteiger partial charge in [-0.3, -0.25) is 5.21 Å². The van der Waals surface area contributed by atoms with Crippen LogP contribution in [0.3, 0.4) is 0 Å². The van der Waals surface area contributed by atoms with Crippen LogP contribution in [0.4, 0.5) is 9.59 Å². The molecule has 1 N–H and O–H groups in total. The minimum absolute atomic E-state index is 0.110. The highest BCUT2D eigenvalue weighted by molar-refractivity contribution is 5.76. The van der Waals surface area contributed by atoms with Crippen LogP contribution in [0.5, 0.6) is 0 Å². The summed E-state index contributed by atoms with van der Waals surface area (Å²) in [5, 5.41) is 18.6. The molecule has 3 saturated heterocycles. The summed E-state index contributed by atoms with van der Waals surface area (Å²) in [6.07, 6.45) is 0.876. The molecule has 3 fully saturated rings. The van der Waals surface area contributed by atoms with Crippen LogP contribution in [-0.4, -0.2) is 79.8 Å². The molecule has 2 bridgehead atoms. The Kier molecular flexibility index (Phi) is 4.66. The van der Waals surface area contributed by atoms with Crippen molar-refractivity contribution in [1.29, 1.82) is 0 Å². The van der Waals surface area contributed by atoms with Gasteiger partial charge < -0.3 is 23.7 Å². The zero-order valence-corrected chi connectivity index (χ0v) is 16.2. The lowest BCUT2D eigenvalue weighted by atomic mass is 10.0. The third kappa shape index (κ3) is 3.63. The second-order valence-corrected chi connectivity index (χ2v) is 8.38. The van der Waals surface area contributed by atoms with E-state index in [0.717, 1.165) is 5.06 Å². The lowest BCUT2D eigenvalue weighted by Gasteiger charge is -2.39. The number of likely N-dealkylation sites (tertiary alicyclic amines) is 1. The number of aromatic nitrogens is 2. The molecule has 3 amide bonds. The Morgan fingerprint density at radius 2 is 2.00 bits per heavy atom. The van der Waals surface area contributed by atoms with Crippen molar-refractivity contribution < 1.29 is 28.7 Å². The lowest BCUT2D eigenvalue weighted by Crippen LogP contribution is -2.55. The van der Waals surface area contributed by atoms with Gasteiger partial charge in [0, 0.05) is 6.54 Å². The van der Waals surface area contributed by atoms with Crippen molar-refractivity contribution in [2.75, 3.05) is 19.6 Å². The fraction of sp³-hybridized carbons (Fsp3) is 0.765. The smallest absolute Gasteiger partial charge is 0.410 e. The SMILES string of the molecule is CC(C)(C)OC(=O)N1CC(OCc2nnc([C@@H]3CC[C@H]4CN3C(=O)N4O)o2)C1. The van der Waals surface area contributed by atoms with Crippen LogP contribution in [0.1, 0.15) is 51.4 Å². The molecule has 0 saturated carbocycles. The zero-order chi connectivity index (χ0) is 20.1. The molecule has 1 aromatic rings. The molecule has 11 heteroatoms. The number of fused-ring (bicyclic) bond motifs is 2. The van der Waals surface area contributed by atoms with E-state index in [-0.39, 0.29) is 30.9 Å². The highest BCUT2D eigenvalue weighted by atomic mass is 16.6. The molecule has 28 heavy (non-hydrogen) atoms. The van der Waals surface area contributed by atoms with Crippen LogP contribution in [0.15, 0.2) is 4.42 Å². The number of nitrogens with zero attached hydrogens (tertiary/aromatic N) is 5. The van der Waals surface area contributed by atoms with Gasteiger partial charge in [0.25, 0.3) is 0 Å². The molecule has 0 aromatic carbocycles. The molecule has 2 atom stereocenters. The molecule has 4 heterocycles. The Bertz CT molecular complexity index is 755. The standard InChI is InChI=1S/C17H25N5O6/c1-17(2,3)28-16(24)20-7-11(8-20)26-9-13-18-19-14(27-13)12-5-4-10-6-21(12)15(23)22(10)25/h10-12,25H,4-9H2,1-3H3/t10-,12-/m0/s1. The van der Waals surface area contributed by atoms with Gasteiger partial charge in [0.05, 0.1) is 25.2 Å². The number of piperidine rings is 1. The van der Waals surface area contributed by atoms with Crippen LogP contribution in [-0.2, 0) is 16.1 Å².